The molecule has 6 heterocycles. The van der Waals surface area contributed by atoms with Gasteiger partial charge < -0.3 is 9.47 Å². The maximum Gasteiger partial charge on any atom is 0.394 e. The lowest BCUT2D eigenvalue weighted by Crippen LogP contribution is -2.60. The molecule has 0 bridgehead atoms. The number of nitriles is 1. The first-order valence-corrected chi connectivity index (χ1v) is 18.9. The summed E-state index contributed by atoms with van der Waals surface area (Å²) in [7, 11) is -3.19. The second-order valence-corrected chi connectivity index (χ2v) is 16.4. The number of pyridine rings is 1. The van der Waals surface area contributed by atoms with E-state index < -0.39 is 22.6 Å². The number of sulfonamides is 1. The van der Waals surface area contributed by atoms with Crippen LogP contribution in [0, 0.1) is 23.7 Å². The summed E-state index contributed by atoms with van der Waals surface area (Å²) < 4.78 is 66.6. The van der Waals surface area contributed by atoms with Gasteiger partial charge in [-0.05, 0) is 75.2 Å². The first-order chi connectivity index (χ1) is 23.7. The van der Waals surface area contributed by atoms with Crippen molar-refractivity contribution < 1.29 is 21.6 Å². The molecule has 266 valence electrons. The van der Waals surface area contributed by atoms with Crippen molar-refractivity contribution in [2.75, 3.05) is 63.5 Å². The summed E-state index contributed by atoms with van der Waals surface area (Å²) in [5.74, 6) is 0.601. The van der Waals surface area contributed by atoms with Crippen LogP contribution in [0.3, 0.4) is 0 Å². The quantitative estimate of drug-likeness (QED) is 0.264. The molecule has 0 radical (unpaired) electrons. The van der Waals surface area contributed by atoms with Crippen LogP contribution in [0.5, 0.6) is 0 Å². The topological polar surface area (TPSA) is 114 Å². The van der Waals surface area contributed by atoms with Crippen LogP contribution < -0.4 is 4.90 Å². The van der Waals surface area contributed by atoms with Crippen LogP contribution in [-0.4, -0.2) is 113 Å². The normalized spacial score (nSPS) is 20.0. The number of halogens is 3. The molecule has 1 atom stereocenters. The third-order valence-electron chi connectivity index (χ3n) is 11.0. The van der Waals surface area contributed by atoms with E-state index in [9.17, 15) is 26.9 Å². The third-order valence-corrected chi connectivity index (χ3v) is 12.3. The summed E-state index contributed by atoms with van der Waals surface area (Å²) in [6.45, 7) is 11.5. The fourth-order valence-corrected chi connectivity index (χ4v) is 8.82. The molecule has 0 N–H and O–H groups in total. The first-order valence-electron chi connectivity index (χ1n) is 17.1. The SMILES string of the molecule is Cc1c(CN2CCC3(CC2)CN(c2ncnc4ccc(CC(F)(F)F)nc24)C3)ccc2c1cc(C#N)n2CC(C)N1CCN(S(C)(=O)=O)CC1. The van der Waals surface area contributed by atoms with Crippen LogP contribution in [0.2, 0.25) is 0 Å². The van der Waals surface area contributed by atoms with Gasteiger partial charge in [0.15, 0.2) is 5.82 Å². The van der Waals surface area contributed by atoms with Gasteiger partial charge in [-0.25, -0.2) is 23.4 Å². The Kier molecular flexibility index (Phi) is 9.03. The van der Waals surface area contributed by atoms with Crippen LogP contribution in [0.25, 0.3) is 21.9 Å². The average molecular weight is 710 g/mol. The minimum absolute atomic E-state index is 0.0321. The zero-order chi connectivity index (χ0) is 35.4. The number of anilines is 1. The minimum Gasteiger partial charge on any atom is -0.353 e. The Balaban J connectivity index is 0.981. The number of alkyl halides is 3. The molecule has 1 aromatic carbocycles. The highest BCUT2D eigenvalue weighted by Gasteiger charge is 2.46. The lowest BCUT2D eigenvalue weighted by Gasteiger charge is -2.54. The summed E-state index contributed by atoms with van der Waals surface area (Å²) in [6.07, 6.45) is -0.666. The van der Waals surface area contributed by atoms with E-state index in [1.165, 1.54) is 34.1 Å². The molecule has 0 amide bonds. The number of likely N-dealkylation sites (tertiary alicyclic amines) is 1. The van der Waals surface area contributed by atoms with Gasteiger partial charge in [0.2, 0.25) is 10.0 Å². The maximum atomic E-state index is 13.0. The van der Waals surface area contributed by atoms with E-state index in [0.29, 0.717) is 55.3 Å². The van der Waals surface area contributed by atoms with Crippen molar-refractivity contribution in [3.05, 3.63) is 59.2 Å². The van der Waals surface area contributed by atoms with Gasteiger partial charge in [-0.1, -0.05) is 6.07 Å². The lowest BCUT2D eigenvalue weighted by molar-refractivity contribution is -0.127. The Morgan fingerprint density at radius 3 is 2.40 bits per heavy atom. The van der Waals surface area contributed by atoms with Crippen molar-refractivity contribution in [3.63, 3.8) is 0 Å². The fourth-order valence-electron chi connectivity index (χ4n) is 8.00. The van der Waals surface area contributed by atoms with E-state index in [2.05, 4.69) is 66.3 Å². The van der Waals surface area contributed by atoms with Gasteiger partial charge in [-0.2, -0.15) is 22.7 Å². The van der Waals surface area contributed by atoms with Crippen molar-refractivity contribution >= 4 is 37.8 Å². The van der Waals surface area contributed by atoms with E-state index in [1.807, 2.05) is 6.07 Å². The molecular weight excluding hydrogens is 668 g/mol. The molecule has 1 spiro atoms. The lowest BCUT2D eigenvalue weighted by atomic mass is 9.72. The summed E-state index contributed by atoms with van der Waals surface area (Å²) in [6, 6.07) is 11.8. The molecule has 15 heteroatoms. The molecular formula is C35H42F3N9O2S. The average Bonchev–Trinajstić information content (AvgIpc) is 3.42. The van der Waals surface area contributed by atoms with Crippen LogP contribution >= 0.6 is 0 Å². The van der Waals surface area contributed by atoms with Crippen LogP contribution in [0.4, 0.5) is 19.0 Å². The Hall–Kier alpha value is -3.84. The van der Waals surface area contributed by atoms with Gasteiger partial charge in [-0.3, -0.25) is 9.80 Å². The Bertz CT molecular complexity index is 2050. The molecule has 3 aromatic heterocycles. The standard InChI is InChI=1S/C35H42F3N9O2S/c1-24(44-12-14-46(15-13-44)50(3,48)49)19-47-28(18-39)16-29-25(2)26(4-7-31(29)47)20-43-10-8-34(9-11-43)21-45(22-34)33-32-30(40-23-41-33)6-5-27(42-32)17-35(36,37)38/h4-7,16,23-24H,8-15,17,19-22H2,1-3H3. The number of piperazine rings is 1. The monoisotopic (exact) mass is 709 g/mol. The summed E-state index contributed by atoms with van der Waals surface area (Å²) >= 11 is 0. The van der Waals surface area contributed by atoms with Gasteiger partial charge in [-0.15, -0.1) is 0 Å². The number of hydrogen-bond donors (Lipinski definition) is 0. The van der Waals surface area contributed by atoms with Crippen molar-refractivity contribution in [2.45, 2.75) is 58.4 Å². The number of hydrogen-bond acceptors (Lipinski definition) is 9. The second-order valence-electron chi connectivity index (χ2n) is 14.4. The molecule has 3 saturated heterocycles. The number of aryl methyl sites for hydroxylation is 1. The number of fused-ring (bicyclic) bond motifs is 2. The Morgan fingerprint density at radius 1 is 1.02 bits per heavy atom. The predicted molar refractivity (Wildman–Crippen MR) is 185 cm³/mol. The largest absolute Gasteiger partial charge is 0.394 e. The maximum absolute atomic E-state index is 13.0. The third kappa shape index (κ3) is 6.90. The zero-order valence-corrected chi connectivity index (χ0v) is 29.4. The highest BCUT2D eigenvalue weighted by atomic mass is 32.2. The van der Waals surface area contributed by atoms with E-state index >= 15 is 0 Å². The van der Waals surface area contributed by atoms with Crippen molar-refractivity contribution in [1.82, 2.24) is 33.6 Å². The molecule has 3 aliphatic rings. The number of aromatic nitrogens is 4. The molecule has 3 fully saturated rings. The van der Waals surface area contributed by atoms with Crippen LogP contribution in [0.1, 0.15) is 42.3 Å². The molecule has 11 nitrogen and oxygen atoms in total. The van der Waals surface area contributed by atoms with E-state index in [1.54, 1.807) is 6.07 Å². The molecule has 7 rings (SSSR count). The summed E-state index contributed by atoms with van der Waals surface area (Å²) in [4.78, 5) is 19.9. The summed E-state index contributed by atoms with van der Waals surface area (Å²) in [5, 5.41) is 11.1. The van der Waals surface area contributed by atoms with Crippen molar-refractivity contribution in [3.8, 4) is 6.07 Å². The molecule has 0 saturated carbocycles. The zero-order valence-electron chi connectivity index (χ0n) is 28.6. The van der Waals surface area contributed by atoms with E-state index in [0.717, 1.165) is 56.5 Å². The highest BCUT2D eigenvalue weighted by molar-refractivity contribution is 7.88. The van der Waals surface area contributed by atoms with Gasteiger partial charge in [0, 0.05) is 74.7 Å². The highest BCUT2D eigenvalue weighted by Crippen LogP contribution is 2.43. The van der Waals surface area contributed by atoms with Gasteiger partial charge in [0.1, 0.15) is 23.6 Å². The van der Waals surface area contributed by atoms with Gasteiger partial charge in [0.25, 0.3) is 0 Å². The minimum atomic E-state index is -4.33. The summed E-state index contributed by atoms with van der Waals surface area (Å²) in [5.41, 5.74) is 5.15. The van der Waals surface area contributed by atoms with Crippen LogP contribution in [0.15, 0.2) is 36.7 Å². The molecule has 1 unspecified atom stereocenters. The van der Waals surface area contributed by atoms with Crippen molar-refractivity contribution in [2.24, 2.45) is 5.41 Å². The molecule has 0 aliphatic carbocycles. The predicted octanol–water partition coefficient (Wildman–Crippen LogP) is 4.33. The molecule has 50 heavy (non-hydrogen) atoms. The van der Waals surface area contributed by atoms with Gasteiger partial charge >= 0.3 is 6.18 Å². The van der Waals surface area contributed by atoms with E-state index in [-0.39, 0.29) is 17.2 Å². The molecule has 3 aliphatic heterocycles. The number of nitrogens with zero attached hydrogens (tertiary/aromatic N) is 9. The second kappa shape index (κ2) is 13.0. The fraction of sp³-hybridized carbons (Fsp3) is 0.543. The van der Waals surface area contributed by atoms with E-state index in [4.69, 9.17) is 0 Å². The molecule has 4 aromatic rings. The first kappa shape index (κ1) is 34.6. The number of benzene rings is 1. The number of rotatable bonds is 8. The van der Waals surface area contributed by atoms with Crippen molar-refractivity contribution in [1.29, 1.82) is 5.26 Å². The Morgan fingerprint density at radius 2 is 1.74 bits per heavy atom. The number of piperidine rings is 1. The van der Waals surface area contributed by atoms with Crippen LogP contribution in [-0.2, 0) is 29.5 Å². The smallest absolute Gasteiger partial charge is 0.353 e. The Labute approximate surface area is 290 Å². The van der Waals surface area contributed by atoms with Gasteiger partial charge in [0.05, 0.1) is 23.9 Å².